The number of likely N-dealkylation sites (N-methyl/N-ethyl adjacent to an activating group) is 2. The molecule has 102 valence electrons. The van der Waals surface area contributed by atoms with Crippen LogP contribution in [0.1, 0.15) is 13.3 Å². The number of carbonyl (C=O) groups excluding carboxylic acids is 1. The number of halogens is 1. The number of amides is 1. The van der Waals surface area contributed by atoms with E-state index in [9.17, 15) is 9.18 Å². The second-order valence-electron chi connectivity index (χ2n) is 4.19. The van der Waals surface area contributed by atoms with Gasteiger partial charge in [0.1, 0.15) is 5.82 Å². The van der Waals surface area contributed by atoms with Crippen LogP contribution in [0.3, 0.4) is 0 Å². The Kier molecular flexibility index (Phi) is 5.80. The van der Waals surface area contributed by atoms with Gasteiger partial charge >= 0.3 is 0 Å². The Hall–Kier alpha value is -2.09. The quantitative estimate of drug-likeness (QED) is 0.789. The summed E-state index contributed by atoms with van der Waals surface area (Å²) < 4.78 is 13.7. The molecule has 1 aromatic carbocycles. The maximum absolute atomic E-state index is 13.7. The first kappa shape index (κ1) is 15.0. The molecule has 19 heavy (non-hydrogen) atoms. The Morgan fingerprint density at radius 3 is 2.68 bits per heavy atom. The molecule has 0 spiro atoms. The van der Waals surface area contributed by atoms with E-state index in [1.807, 2.05) is 13.0 Å². The number of benzene rings is 1. The highest BCUT2D eigenvalue weighted by Gasteiger charge is 2.15. The third-order valence-corrected chi connectivity index (χ3v) is 2.89. The minimum Gasteiger partial charge on any atom is -0.360 e. The van der Waals surface area contributed by atoms with Gasteiger partial charge in [0.2, 0.25) is 5.91 Å². The maximum atomic E-state index is 13.7. The van der Waals surface area contributed by atoms with Gasteiger partial charge in [0.25, 0.3) is 0 Å². The van der Waals surface area contributed by atoms with E-state index in [1.54, 1.807) is 30.1 Å². The molecule has 4 nitrogen and oxygen atoms in total. The Morgan fingerprint density at radius 2 is 2.11 bits per heavy atom. The fraction of sp³-hybridized carbons (Fsp3) is 0.429. The number of rotatable bonds is 6. The molecule has 0 fully saturated rings. The standard InChI is InChI=1S/C14H18FN3O/c1-3-18(13-8-5-4-7-12(13)15)11-14(19)17(2)10-6-9-16/h4-5,7-8H,3,6,10-11H2,1-2H3. The predicted octanol–water partition coefficient (Wildman–Crippen LogP) is 2.02. The number of para-hydroxylation sites is 1. The summed E-state index contributed by atoms with van der Waals surface area (Å²) in [4.78, 5) is 15.1. The van der Waals surface area contributed by atoms with Crippen molar-refractivity contribution in [2.24, 2.45) is 0 Å². The van der Waals surface area contributed by atoms with Crippen molar-refractivity contribution in [2.75, 3.05) is 31.6 Å². The number of hydrogen-bond acceptors (Lipinski definition) is 3. The van der Waals surface area contributed by atoms with E-state index < -0.39 is 0 Å². The van der Waals surface area contributed by atoms with Gasteiger partial charge in [-0.15, -0.1) is 0 Å². The van der Waals surface area contributed by atoms with Crippen LogP contribution in [0.25, 0.3) is 0 Å². The van der Waals surface area contributed by atoms with Gasteiger partial charge in [-0.1, -0.05) is 12.1 Å². The smallest absolute Gasteiger partial charge is 0.241 e. The molecule has 0 saturated carbocycles. The van der Waals surface area contributed by atoms with Crippen LogP contribution in [-0.4, -0.2) is 37.5 Å². The lowest BCUT2D eigenvalue weighted by Gasteiger charge is -2.25. The Morgan fingerprint density at radius 1 is 1.42 bits per heavy atom. The second-order valence-corrected chi connectivity index (χ2v) is 4.19. The van der Waals surface area contributed by atoms with Crippen molar-refractivity contribution in [3.8, 4) is 6.07 Å². The van der Waals surface area contributed by atoms with Crippen molar-refractivity contribution in [1.29, 1.82) is 5.26 Å². The fourth-order valence-corrected chi connectivity index (χ4v) is 1.70. The van der Waals surface area contributed by atoms with Gasteiger partial charge in [0.05, 0.1) is 24.7 Å². The van der Waals surface area contributed by atoms with Crippen LogP contribution in [0.15, 0.2) is 24.3 Å². The van der Waals surface area contributed by atoms with Crippen molar-refractivity contribution in [1.82, 2.24) is 4.90 Å². The highest BCUT2D eigenvalue weighted by atomic mass is 19.1. The highest BCUT2D eigenvalue weighted by Crippen LogP contribution is 2.18. The number of anilines is 1. The Balaban J connectivity index is 2.70. The van der Waals surface area contributed by atoms with Gasteiger partial charge in [-0.2, -0.15) is 5.26 Å². The summed E-state index contributed by atoms with van der Waals surface area (Å²) >= 11 is 0. The number of nitriles is 1. The average Bonchev–Trinajstić information content (AvgIpc) is 2.42. The van der Waals surface area contributed by atoms with E-state index in [0.29, 0.717) is 25.2 Å². The van der Waals surface area contributed by atoms with Crippen LogP contribution in [-0.2, 0) is 4.79 Å². The minimum atomic E-state index is -0.336. The van der Waals surface area contributed by atoms with Crippen molar-refractivity contribution < 1.29 is 9.18 Å². The van der Waals surface area contributed by atoms with Crippen molar-refractivity contribution in [3.05, 3.63) is 30.1 Å². The SMILES string of the molecule is CCN(CC(=O)N(C)CCC#N)c1ccccc1F. The van der Waals surface area contributed by atoms with E-state index in [1.165, 1.54) is 11.0 Å². The van der Waals surface area contributed by atoms with Crippen molar-refractivity contribution in [3.63, 3.8) is 0 Å². The molecule has 1 rings (SSSR count). The summed E-state index contributed by atoms with van der Waals surface area (Å²) in [6, 6.07) is 8.38. The molecule has 0 heterocycles. The lowest BCUT2D eigenvalue weighted by molar-refractivity contribution is -0.128. The van der Waals surface area contributed by atoms with Gasteiger partial charge in [0, 0.05) is 20.1 Å². The fourth-order valence-electron chi connectivity index (χ4n) is 1.70. The Bertz CT molecular complexity index is 470. The van der Waals surface area contributed by atoms with Crippen LogP contribution < -0.4 is 4.90 Å². The molecule has 0 aromatic heterocycles. The lowest BCUT2D eigenvalue weighted by Crippen LogP contribution is -2.39. The van der Waals surface area contributed by atoms with E-state index >= 15 is 0 Å². The molecule has 0 N–H and O–H groups in total. The van der Waals surface area contributed by atoms with Crippen LogP contribution >= 0.6 is 0 Å². The molecule has 0 atom stereocenters. The van der Waals surface area contributed by atoms with Crippen LogP contribution in [0.2, 0.25) is 0 Å². The highest BCUT2D eigenvalue weighted by molar-refractivity contribution is 5.81. The molecule has 5 heteroatoms. The van der Waals surface area contributed by atoms with Crippen LogP contribution in [0, 0.1) is 17.1 Å². The predicted molar refractivity (Wildman–Crippen MR) is 72.2 cm³/mol. The molecule has 0 aliphatic rings. The van der Waals surface area contributed by atoms with Gasteiger partial charge < -0.3 is 9.80 Å². The van der Waals surface area contributed by atoms with Gasteiger partial charge in [-0.3, -0.25) is 4.79 Å². The summed E-state index contributed by atoms with van der Waals surface area (Å²) in [7, 11) is 1.65. The second kappa shape index (κ2) is 7.37. The number of hydrogen-bond donors (Lipinski definition) is 0. The van der Waals surface area contributed by atoms with Gasteiger partial charge in [0.15, 0.2) is 0 Å². The zero-order valence-corrected chi connectivity index (χ0v) is 11.3. The third-order valence-electron chi connectivity index (χ3n) is 2.89. The largest absolute Gasteiger partial charge is 0.360 e. The summed E-state index contributed by atoms with van der Waals surface area (Å²) in [5, 5.41) is 8.49. The topological polar surface area (TPSA) is 47.3 Å². The van der Waals surface area contributed by atoms with Crippen LogP contribution in [0.5, 0.6) is 0 Å². The molecule has 0 aliphatic heterocycles. The van der Waals surface area contributed by atoms with Gasteiger partial charge in [-0.05, 0) is 19.1 Å². The molecule has 1 amide bonds. The first-order valence-corrected chi connectivity index (χ1v) is 6.20. The monoisotopic (exact) mass is 263 g/mol. The zero-order valence-electron chi connectivity index (χ0n) is 11.3. The first-order chi connectivity index (χ1) is 9.10. The minimum absolute atomic E-state index is 0.110. The molecular formula is C14H18FN3O. The van der Waals surface area contributed by atoms with E-state index in [0.717, 1.165) is 0 Å². The van der Waals surface area contributed by atoms with E-state index in [-0.39, 0.29) is 18.3 Å². The average molecular weight is 263 g/mol. The lowest BCUT2D eigenvalue weighted by atomic mass is 10.2. The van der Waals surface area contributed by atoms with Crippen molar-refractivity contribution in [2.45, 2.75) is 13.3 Å². The summed E-state index contributed by atoms with van der Waals surface area (Å²) in [6.07, 6.45) is 0.300. The molecule has 0 bridgehead atoms. The van der Waals surface area contributed by atoms with Crippen LogP contribution in [0.4, 0.5) is 10.1 Å². The normalized spacial score (nSPS) is 9.79. The maximum Gasteiger partial charge on any atom is 0.241 e. The van der Waals surface area contributed by atoms with E-state index in [4.69, 9.17) is 5.26 Å². The summed E-state index contributed by atoms with van der Waals surface area (Å²) in [5.74, 6) is -0.461. The third kappa shape index (κ3) is 4.25. The molecule has 1 aromatic rings. The Labute approximate surface area is 113 Å². The van der Waals surface area contributed by atoms with Crippen molar-refractivity contribution >= 4 is 11.6 Å². The van der Waals surface area contributed by atoms with Gasteiger partial charge in [-0.25, -0.2) is 4.39 Å². The zero-order chi connectivity index (χ0) is 14.3. The molecular weight excluding hydrogens is 245 g/mol. The number of nitrogens with zero attached hydrogens (tertiary/aromatic N) is 3. The molecule has 0 unspecified atom stereocenters. The number of carbonyl (C=O) groups is 1. The van der Waals surface area contributed by atoms with E-state index in [2.05, 4.69) is 0 Å². The first-order valence-electron chi connectivity index (χ1n) is 6.20. The molecule has 0 radical (unpaired) electrons. The molecule has 0 aliphatic carbocycles. The molecule has 0 saturated heterocycles. The summed E-state index contributed by atoms with van der Waals surface area (Å²) in [6.45, 7) is 2.91. The summed E-state index contributed by atoms with van der Waals surface area (Å²) in [5.41, 5.74) is 0.423.